The van der Waals surface area contributed by atoms with E-state index in [0.717, 1.165) is 32.1 Å². The average Bonchev–Trinajstić information content (AvgIpc) is 2.96. The highest BCUT2D eigenvalue weighted by molar-refractivity contribution is 5.91. The molecule has 0 radical (unpaired) electrons. The molecule has 3 atom stereocenters. The zero-order valence-electron chi connectivity index (χ0n) is 18.0. The highest BCUT2D eigenvalue weighted by Crippen LogP contribution is 2.37. The van der Waals surface area contributed by atoms with Gasteiger partial charge in [0.1, 0.15) is 5.39 Å². The van der Waals surface area contributed by atoms with Gasteiger partial charge in [-0.15, -0.1) is 0 Å². The molecule has 10 heteroatoms. The maximum Gasteiger partial charge on any atom is 0.418 e. The molecule has 0 amide bonds. The van der Waals surface area contributed by atoms with Crippen LogP contribution >= 0.6 is 0 Å². The first-order valence-electron chi connectivity index (χ1n) is 10.8. The Labute approximate surface area is 187 Å². The normalized spacial score (nSPS) is 20.2. The topological polar surface area (TPSA) is 107 Å². The minimum absolute atomic E-state index is 0.177. The number of alkyl halides is 3. The molecule has 1 aliphatic rings. The van der Waals surface area contributed by atoms with Crippen molar-refractivity contribution in [1.82, 2.24) is 14.8 Å². The molecule has 174 valence electrons. The minimum Gasteiger partial charge on any atom is -0.379 e. The zero-order chi connectivity index (χ0) is 23.8. The van der Waals surface area contributed by atoms with Gasteiger partial charge in [0.15, 0.2) is 11.9 Å². The number of anilines is 2. The second kappa shape index (κ2) is 8.90. The van der Waals surface area contributed by atoms with Gasteiger partial charge in [0, 0.05) is 11.9 Å². The lowest BCUT2D eigenvalue weighted by Gasteiger charge is -2.20. The Hall–Kier alpha value is -3.32. The van der Waals surface area contributed by atoms with Gasteiger partial charge in [-0.1, -0.05) is 25.3 Å². The third-order valence-electron chi connectivity index (χ3n) is 6.23. The number of nitriles is 1. The Morgan fingerprint density at radius 1 is 1.27 bits per heavy atom. The number of nitrogens with one attached hydrogen (secondary N) is 2. The van der Waals surface area contributed by atoms with E-state index >= 15 is 0 Å². The van der Waals surface area contributed by atoms with Crippen LogP contribution in [0.25, 0.3) is 10.9 Å². The van der Waals surface area contributed by atoms with Crippen LogP contribution in [0.4, 0.5) is 24.7 Å². The van der Waals surface area contributed by atoms with Crippen LogP contribution in [-0.2, 0) is 0 Å². The smallest absolute Gasteiger partial charge is 0.379 e. The van der Waals surface area contributed by atoms with Crippen molar-refractivity contribution in [2.75, 3.05) is 5.32 Å². The van der Waals surface area contributed by atoms with Crippen LogP contribution in [0.15, 0.2) is 35.3 Å². The summed E-state index contributed by atoms with van der Waals surface area (Å²) in [6.07, 6.45) is -1.32. The minimum atomic E-state index is -4.77. The lowest BCUT2D eigenvalue weighted by atomic mass is 9.96. The van der Waals surface area contributed by atoms with E-state index in [0.29, 0.717) is 16.6 Å². The highest BCUT2D eigenvalue weighted by Gasteiger charge is 2.40. The van der Waals surface area contributed by atoms with Crippen LogP contribution in [0, 0.1) is 24.2 Å². The average molecular weight is 459 g/mol. The number of pyridine rings is 1. The maximum atomic E-state index is 12.9. The van der Waals surface area contributed by atoms with Crippen LogP contribution in [0.2, 0.25) is 0 Å². The van der Waals surface area contributed by atoms with Gasteiger partial charge in [-0.05, 0) is 49.1 Å². The molecule has 3 N–H and O–H groups in total. The van der Waals surface area contributed by atoms with E-state index in [-0.39, 0.29) is 34.5 Å². The van der Waals surface area contributed by atoms with E-state index in [1.807, 2.05) is 0 Å². The molecule has 0 aliphatic heterocycles. The number of aromatic amines is 1. The van der Waals surface area contributed by atoms with Gasteiger partial charge in [-0.3, -0.25) is 9.48 Å². The number of hydrogen-bond donors (Lipinski definition) is 3. The molecule has 4 rings (SSSR count). The summed E-state index contributed by atoms with van der Waals surface area (Å²) in [5.41, 5.74) is 0.670. The second-order valence-corrected chi connectivity index (χ2v) is 8.44. The fourth-order valence-corrected chi connectivity index (χ4v) is 4.54. The first kappa shape index (κ1) is 22.9. The van der Waals surface area contributed by atoms with E-state index in [1.165, 1.54) is 31.3 Å². The molecule has 1 fully saturated rings. The molecule has 1 saturated carbocycles. The summed E-state index contributed by atoms with van der Waals surface area (Å²) in [5.74, 6) is 0.0319. The molecule has 0 spiro atoms. The largest absolute Gasteiger partial charge is 0.418 e. The predicted molar refractivity (Wildman–Crippen MR) is 117 cm³/mol. The van der Waals surface area contributed by atoms with E-state index < -0.39 is 12.3 Å². The Morgan fingerprint density at radius 2 is 2.03 bits per heavy atom. The quantitative estimate of drug-likeness (QED) is 0.475. The third kappa shape index (κ3) is 4.46. The number of rotatable bonds is 4. The van der Waals surface area contributed by atoms with Crippen molar-refractivity contribution in [2.24, 2.45) is 5.92 Å². The summed E-state index contributed by atoms with van der Waals surface area (Å²) in [6.45, 7) is 1.47. The number of aryl methyl sites for hydroxylation is 1. The molecule has 3 aromatic rings. The van der Waals surface area contributed by atoms with Gasteiger partial charge >= 0.3 is 6.18 Å². The molecule has 33 heavy (non-hydrogen) atoms. The fourth-order valence-electron chi connectivity index (χ4n) is 4.54. The van der Waals surface area contributed by atoms with Gasteiger partial charge < -0.3 is 15.4 Å². The summed E-state index contributed by atoms with van der Waals surface area (Å²) < 4.78 is 40.5. The molecule has 1 aromatic carbocycles. The molecule has 1 aliphatic carbocycles. The van der Waals surface area contributed by atoms with Gasteiger partial charge in [-0.2, -0.15) is 23.5 Å². The van der Waals surface area contributed by atoms with E-state index in [9.17, 15) is 28.3 Å². The number of nitrogens with zero attached hydrogens (tertiary/aromatic N) is 3. The molecule has 0 bridgehead atoms. The van der Waals surface area contributed by atoms with E-state index in [2.05, 4.69) is 21.5 Å². The standard InChI is InChI=1S/C23H24F3N5O2/c1-13-11-15(7-8-16(13)20(32)23(24,25)26)29-21-19-18(9-10-28-22(19)33)31(30-21)17-6-4-2-3-5-14(17)12-27/h7-11,14,17,20,32H,2-6H2,1H3,(H,28,33)(H,29,30). The van der Waals surface area contributed by atoms with Crippen LogP contribution in [-0.4, -0.2) is 26.0 Å². The number of aliphatic hydroxyl groups excluding tert-OH is 1. The second-order valence-electron chi connectivity index (χ2n) is 8.44. The van der Waals surface area contributed by atoms with Crippen molar-refractivity contribution in [3.05, 3.63) is 51.9 Å². The Bertz CT molecular complexity index is 1260. The molecular weight excluding hydrogens is 435 g/mol. The van der Waals surface area contributed by atoms with Crippen LogP contribution in [0.5, 0.6) is 0 Å². The number of fused-ring (bicyclic) bond motifs is 1. The van der Waals surface area contributed by atoms with Crippen molar-refractivity contribution in [3.63, 3.8) is 0 Å². The van der Waals surface area contributed by atoms with Gasteiger partial charge in [0.25, 0.3) is 5.56 Å². The van der Waals surface area contributed by atoms with E-state index in [4.69, 9.17) is 0 Å². The first-order chi connectivity index (χ1) is 15.7. The molecule has 3 unspecified atom stereocenters. The highest BCUT2D eigenvalue weighted by atomic mass is 19.4. The number of aliphatic hydroxyl groups is 1. The van der Waals surface area contributed by atoms with Crippen molar-refractivity contribution >= 4 is 22.4 Å². The van der Waals surface area contributed by atoms with E-state index in [1.54, 1.807) is 10.7 Å². The molecule has 0 saturated heterocycles. The zero-order valence-corrected chi connectivity index (χ0v) is 18.0. The Balaban J connectivity index is 1.74. The SMILES string of the molecule is Cc1cc(Nc2nn(C3CCCCCC3C#N)c3cc[nH]c(=O)c23)ccc1C(O)C(F)(F)F. The summed E-state index contributed by atoms with van der Waals surface area (Å²) in [4.78, 5) is 15.3. The monoisotopic (exact) mass is 459 g/mol. The molecule has 7 nitrogen and oxygen atoms in total. The lowest BCUT2D eigenvalue weighted by molar-refractivity contribution is -0.206. The molecule has 2 heterocycles. The molecule has 2 aromatic heterocycles. The van der Waals surface area contributed by atoms with Crippen molar-refractivity contribution in [2.45, 2.75) is 57.3 Å². The summed E-state index contributed by atoms with van der Waals surface area (Å²) in [7, 11) is 0. The van der Waals surface area contributed by atoms with Crippen molar-refractivity contribution in [3.8, 4) is 6.07 Å². The Kier molecular flexibility index (Phi) is 6.17. The molecular formula is C23H24F3N5O2. The van der Waals surface area contributed by atoms with Crippen LogP contribution in [0.3, 0.4) is 0 Å². The van der Waals surface area contributed by atoms with Crippen molar-refractivity contribution < 1.29 is 18.3 Å². The van der Waals surface area contributed by atoms with Crippen LogP contribution in [0.1, 0.15) is 55.4 Å². The number of H-pyrrole nitrogens is 1. The summed E-state index contributed by atoms with van der Waals surface area (Å²) in [5, 5.41) is 27.3. The number of aromatic nitrogens is 3. The van der Waals surface area contributed by atoms with Gasteiger partial charge in [0.2, 0.25) is 0 Å². The fraction of sp³-hybridized carbons (Fsp3) is 0.435. The number of halogens is 3. The van der Waals surface area contributed by atoms with Gasteiger partial charge in [0.05, 0.1) is 23.5 Å². The summed E-state index contributed by atoms with van der Waals surface area (Å²) >= 11 is 0. The van der Waals surface area contributed by atoms with Crippen molar-refractivity contribution in [1.29, 1.82) is 5.26 Å². The summed E-state index contributed by atoms with van der Waals surface area (Å²) in [6, 6.07) is 8.02. The van der Waals surface area contributed by atoms with Crippen LogP contribution < -0.4 is 10.9 Å². The predicted octanol–water partition coefficient (Wildman–Crippen LogP) is 5.02. The number of hydrogen-bond acceptors (Lipinski definition) is 5. The van der Waals surface area contributed by atoms with Gasteiger partial charge in [-0.25, -0.2) is 0 Å². The number of benzene rings is 1. The third-order valence-corrected chi connectivity index (χ3v) is 6.23. The first-order valence-corrected chi connectivity index (χ1v) is 10.8. The lowest BCUT2D eigenvalue weighted by Crippen LogP contribution is -2.21. The Morgan fingerprint density at radius 3 is 2.73 bits per heavy atom. The maximum absolute atomic E-state index is 12.9.